The minimum atomic E-state index is -0.931. The van der Waals surface area contributed by atoms with Crippen molar-refractivity contribution in [3.8, 4) is 5.75 Å². The Bertz CT molecular complexity index is 891. The number of benzene rings is 3. The quantitative estimate of drug-likeness (QED) is 0.639. The highest BCUT2D eigenvalue weighted by Gasteiger charge is 2.08. The van der Waals surface area contributed by atoms with E-state index in [-0.39, 0.29) is 5.56 Å². The van der Waals surface area contributed by atoms with Crippen LogP contribution >= 0.6 is 0 Å². The minimum Gasteiger partial charge on any atom is -0.489 e. The lowest BCUT2D eigenvalue weighted by molar-refractivity contribution is 0.0697. The number of para-hydroxylation sites is 1. The third-order valence-electron chi connectivity index (χ3n) is 4.16. The fraction of sp³-hybridized carbons (Fsp3) is 0.136. The van der Waals surface area contributed by atoms with Crippen molar-refractivity contribution in [2.45, 2.75) is 20.1 Å². The average molecular weight is 347 g/mol. The van der Waals surface area contributed by atoms with E-state index in [0.717, 1.165) is 28.1 Å². The number of hydrogen-bond donors (Lipinski definition) is 2. The van der Waals surface area contributed by atoms with Crippen molar-refractivity contribution in [3.05, 3.63) is 95.1 Å². The maximum Gasteiger partial charge on any atom is 0.335 e. The van der Waals surface area contributed by atoms with E-state index in [1.165, 1.54) is 0 Å². The molecule has 2 N–H and O–H groups in total. The van der Waals surface area contributed by atoms with Crippen molar-refractivity contribution in [2.24, 2.45) is 0 Å². The molecule has 3 rings (SSSR count). The van der Waals surface area contributed by atoms with E-state index in [4.69, 9.17) is 9.84 Å². The molecule has 0 radical (unpaired) electrons. The van der Waals surface area contributed by atoms with Crippen LogP contribution in [0.4, 0.5) is 5.69 Å². The maximum atomic E-state index is 11.2. The Balaban J connectivity index is 1.71. The van der Waals surface area contributed by atoms with Gasteiger partial charge >= 0.3 is 5.97 Å². The number of rotatable bonds is 7. The Kier molecular flexibility index (Phi) is 5.54. The summed E-state index contributed by atoms with van der Waals surface area (Å²) in [7, 11) is 0. The van der Waals surface area contributed by atoms with Crippen LogP contribution in [0.2, 0.25) is 0 Å². The van der Waals surface area contributed by atoms with Crippen LogP contribution in [-0.2, 0) is 13.2 Å². The molecule has 0 aliphatic heterocycles. The second kappa shape index (κ2) is 8.21. The average Bonchev–Trinajstić information content (AvgIpc) is 2.67. The number of nitrogens with one attached hydrogen (secondary N) is 1. The van der Waals surface area contributed by atoms with Gasteiger partial charge in [0.25, 0.3) is 0 Å². The fourth-order valence-electron chi connectivity index (χ4n) is 2.66. The molecule has 0 saturated carbocycles. The molecule has 0 heterocycles. The molecule has 0 fully saturated rings. The SMILES string of the molecule is Cc1ccc(C(=O)O)cc1NCc1ccccc1OCc1ccccc1. The normalized spacial score (nSPS) is 10.3. The molecule has 4 heteroatoms. The molecule has 3 aromatic rings. The molecule has 0 amide bonds. The zero-order valence-corrected chi connectivity index (χ0v) is 14.6. The van der Waals surface area contributed by atoms with Crippen LogP contribution in [0.1, 0.15) is 27.0 Å². The summed E-state index contributed by atoms with van der Waals surface area (Å²) in [6, 6.07) is 23.0. The van der Waals surface area contributed by atoms with Crippen LogP contribution in [0.15, 0.2) is 72.8 Å². The van der Waals surface area contributed by atoms with Crippen molar-refractivity contribution in [1.29, 1.82) is 0 Å². The number of hydrogen-bond acceptors (Lipinski definition) is 3. The van der Waals surface area contributed by atoms with Gasteiger partial charge < -0.3 is 15.2 Å². The van der Waals surface area contributed by atoms with E-state index in [1.807, 2.05) is 67.6 Å². The van der Waals surface area contributed by atoms with Crippen molar-refractivity contribution in [3.63, 3.8) is 0 Å². The summed E-state index contributed by atoms with van der Waals surface area (Å²) in [5, 5.41) is 12.5. The van der Waals surface area contributed by atoms with E-state index < -0.39 is 5.97 Å². The Morgan fingerprint density at radius 3 is 2.50 bits per heavy atom. The van der Waals surface area contributed by atoms with Crippen LogP contribution in [-0.4, -0.2) is 11.1 Å². The molecule has 0 bridgehead atoms. The number of carboxylic acids is 1. The number of ether oxygens (including phenoxy) is 1. The van der Waals surface area contributed by atoms with Crippen molar-refractivity contribution < 1.29 is 14.6 Å². The fourth-order valence-corrected chi connectivity index (χ4v) is 2.66. The highest BCUT2D eigenvalue weighted by Crippen LogP contribution is 2.23. The lowest BCUT2D eigenvalue weighted by atomic mass is 10.1. The largest absolute Gasteiger partial charge is 0.489 e. The summed E-state index contributed by atoms with van der Waals surface area (Å²) >= 11 is 0. The van der Waals surface area contributed by atoms with E-state index >= 15 is 0 Å². The Labute approximate surface area is 153 Å². The van der Waals surface area contributed by atoms with E-state index in [2.05, 4.69) is 5.32 Å². The first-order valence-corrected chi connectivity index (χ1v) is 8.46. The summed E-state index contributed by atoms with van der Waals surface area (Å²) in [5.74, 6) is -0.115. The lowest BCUT2D eigenvalue weighted by Gasteiger charge is -2.14. The van der Waals surface area contributed by atoms with Crippen molar-refractivity contribution in [1.82, 2.24) is 0 Å². The van der Waals surface area contributed by atoms with E-state index in [9.17, 15) is 4.79 Å². The summed E-state index contributed by atoms with van der Waals surface area (Å²) in [6.07, 6.45) is 0. The summed E-state index contributed by atoms with van der Waals surface area (Å²) in [4.78, 5) is 11.2. The highest BCUT2D eigenvalue weighted by atomic mass is 16.5. The van der Waals surface area contributed by atoms with Gasteiger partial charge in [0.1, 0.15) is 12.4 Å². The molecule has 132 valence electrons. The van der Waals surface area contributed by atoms with Gasteiger partial charge in [0.2, 0.25) is 0 Å². The molecule has 0 atom stereocenters. The van der Waals surface area contributed by atoms with Gasteiger partial charge in [-0.25, -0.2) is 4.79 Å². The van der Waals surface area contributed by atoms with Crippen LogP contribution in [0, 0.1) is 6.92 Å². The standard InChI is InChI=1S/C22H21NO3/c1-16-11-12-18(22(24)25)13-20(16)23-14-19-9-5-6-10-21(19)26-15-17-7-3-2-4-8-17/h2-13,23H,14-15H2,1H3,(H,24,25). The molecule has 26 heavy (non-hydrogen) atoms. The molecular formula is C22H21NO3. The minimum absolute atomic E-state index is 0.270. The van der Waals surface area contributed by atoms with Gasteiger partial charge in [-0.05, 0) is 36.2 Å². The van der Waals surface area contributed by atoms with Crippen molar-refractivity contribution in [2.75, 3.05) is 5.32 Å². The second-order valence-electron chi connectivity index (χ2n) is 6.07. The summed E-state index contributed by atoms with van der Waals surface area (Å²) in [6.45, 7) is 3.01. The van der Waals surface area contributed by atoms with Gasteiger partial charge in [-0.1, -0.05) is 54.6 Å². The Morgan fingerprint density at radius 2 is 1.73 bits per heavy atom. The van der Waals surface area contributed by atoms with Gasteiger partial charge in [0, 0.05) is 17.8 Å². The number of aromatic carboxylic acids is 1. The van der Waals surface area contributed by atoms with Crippen LogP contribution < -0.4 is 10.1 Å². The molecule has 0 unspecified atom stereocenters. The highest BCUT2D eigenvalue weighted by molar-refractivity contribution is 5.89. The van der Waals surface area contributed by atoms with Gasteiger partial charge in [-0.3, -0.25) is 0 Å². The third-order valence-corrected chi connectivity index (χ3v) is 4.16. The van der Waals surface area contributed by atoms with Crippen LogP contribution in [0.5, 0.6) is 5.75 Å². The smallest absolute Gasteiger partial charge is 0.335 e. The third kappa shape index (κ3) is 4.42. The summed E-state index contributed by atoms with van der Waals surface area (Å²) < 4.78 is 5.97. The molecule has 0 saturated heterocycles. The second-order valence-corrected chi connectivity index (χ2v) is 6.07. The molecule has 0 aromatic heterocycles. The lowest BCUT2D eigenvalue weighted by Crippen LogP contribution is -2.06. The monoisotopic (exact) mass is 347 g/mol. The van der Waals surface area contributed by atoms with Gasteiger partial charge in [-0.2, -0.15) is 0 Å². The van der Waals surface area contributed by atoms with Crippen LogP contribution in [0.25, 0.3) is 0 Å². The van der Waals surface area contributed by atoms with Crippen LogP contribution in [0.3, 0.4) is 0 Å². The molecule has 4 nitrogen and oxygen atoms in total. The van der Waals surface area contributed by atoms with Gasteiger partial charge in [0.15, 0.2) is 0 Å². The van der Waals surface area contributed by atoms with Gasteiger partial charge in [0.05, 0.1) is 5.56 Å². The number of carboxylic acid groups (broad SMARTS) is 1. The molecule has 0 aliphatic rings. The molecular weight excluding hydrogens is 326 g/mol. The predicted octanol–water partition coefficient (Wildman–Crippen LogP) is 4.88. The first kappa shape index (κ1) is 17.5. The maximum absolute atomic E-state index is 11.2. The van der Waals surface area contributed by atoms with E-state index in [1.54, 1.807) is 12.1 Å². The predicted molar refractivity (Wildman–Crippen MR) is 103 cm³/mol. The molecule has 0 spiro atoms. The topological polar surface area (TPSA) is 58.6 Å². The number of anilines is 1. The molecule has 0 aliphatic carbocycles. The number of aryl methyl sites for hydroxylation is 1. The zero-order valence-electron chi connectivity index (χ0n) is 14.6. The van der Waals surface area contributed by atoms with Crippen molar-refractivity contribution >= 4 is 11.7 Å². The molecule has 3 aromatic carbocycles. The Hall–Kier alpha value is -3.27. The first-order valence-electron chi connectivity index (χ1n) is 8.46. The first-order chi connectivity index (χ1) is 12.6. The van der Waals surface area contributed by atoms with E-state index in [0.29, 0.717) is 13.2 Å². The number of carbonyl (C=O) groups is 1. The zero-order chi connectivity index (χ0) is 18.4. The van der Waals surface area contributed by atoms with Gasteiger partial charge in [-0.15, -0.1) is 0 Å². The Morgan fingerprint density at radius 1 is 1.00 bits per heavy atom. The summed E-state index contributed by atoms with van der Waals surface area (Å²) in [5.41, 5.74) is 4.20.